The van der Waals surface area contributed by atoms with Crippen LogP contribution in [0.4, 0.5) is 0 Å². The summed E-state index contributed by atoms with van der Waals surface area (Å²) in [6, 6.07) is 0. The van der Waals surface area contributed by atoms with Crippen molar-refractivity contribution in [3.8, 4) is 0 Å². The van der Waals surface area contributed by atoms with Crippen molar-refractivity contribution < 1.29 is 4.79 Å². The van der Waals surface area contributed by atoms with Gasteiger partial charge in [-0.05, 0) is 19.3 Å². The highest BCUT2D eigenvalue weighted by molar-refractivity contribution is 5.78. The Morgan fingerprint density at radius 1 is 1.62 bits per heavy atom. The van der Waals surface area contributed by atoms with Crippen LogP contribution in [-0.4, -0.2) is 30.9 Å². The SMILES string of the molecule is CN(CCN)C(=O)C1CC=CCC1. The van der Waals surface area contributed by atoms with Crippen molar-refractivity contribution >= 4 is 5.91 Å². The summed E-state index contributed by atoms with van der Waals surface area (Å²) >= 11 is 0. The smallest absolute Gasteiger partial charge is 0.225 e. The lowest BCUT2D eigenvalue weighted by Gasteiger charge is -2.23. The molecule has 1 unspecified atom stereocenters. The van der Waals surface area contributed by atoms with Crippen LogP contribution in [-0.2, 0) is 4.79 Å². The van der Waals surface area contributed by atoms with Crippen molar-refractivity contribution in [3.05, 3.63) is 12.2 Å². The van der Waals surface area contributed by atoms with Crippen LogP contribution < -0.4 is 5.73 Å². The van der Waals surface area contributed by atoms with Crippen molar-refractivity contribution in [2.75, 3.05) is 20.1 Å². The molecule has 1 aliphatic carbocycles. The second kappa shape index (κ2) is 5.02. The van der Waals surface area contributed by atoms with Crippen molar-refractivity contribution in [2.45, 2.75) is 19.3 Å². The zero-order valence-electron chi connectivity index (χ0n) is 8.20. The molecule has 2 N–H and O–H groups in total. The molecular formula is C10H18N2O. The number of likely N-dealkylation sites (N-methyl/N-ethyl adjacent to an activating group) is 1. The molecule has 0 aromatic carbocycles. The Kier molecular flexibility index (Phi) is 3.96. The van der Waals surface area contributed by atoms with Gasteiger partial charge in [0, 0.05) is 26.1 Å². The van der Waals surface area contributed by atoms with Gasteiger partial charge in [0.15, 0.2) is 0 Å². The Labute approximate surface area is 79.6 Å². The quantitative estimate of drug-likeness (QED) is 0.655. The molecule has 1 atom stereocenters. The molecule has 0 fully saturated rings. The first-order valence-corrected chi connectivity index (χ1v) is 4.85. The van der Waals surface area contributed by atoms with Gasteiger partial charge in [0.2, 0.25) is 5.91 Å². The Bertz CT molecular complexity index is 201. The average Bonchev–Trinajstić information content (AvgIpc) is 2.18. The minimum absolute atomic E-state index is 0.196. The van der Waals surface area contributed by atoms with E-state index >= 15 is 0 Å². The van der Waals surface area contributed by atoms with Gasteiger partial charge >= 0.3 is 0 Å². The summed E-state index contributed by atoms with van der Waals surface area (Å²) in [6.07, 6.45) is 7.17. The van der Waals surface area contributed by atoms with Crippen molar-refractivity contribution in [2.24, 2.45) is 11.7 Å². The van der Waals surface area contributed by atoms with Gasteiger partial charge in [0.25, 0.3) is 0 Å². The lowest BCUT2D eigenvalue weighted by Crippen LogP contribution is -2.36. The molecule has 0 radical (unpaired) electrons. The Morgan fingerprint density at radius 2 is 2.38 bits per heavy atom. The first-order chi connectivity index (χ1) is 6.25. The molecule has 13 heavy (non-hydrogen) atoms. The van der Waals surface area contributed by atoms with Crippen LogP contribution in [0, 0.1) is 5.92 Å². The van der Waals surface area contributed by atoms with E-state index in [0.29, 0.717) is 13.1 Å². The van der Waals surface area contributed by atoms with E-state index in [4.69, 9.17) is 5.73 Å². The van der Waals surface area contributed by atoms with Gasteiger partial charge in [-0.3, -0.25) is 4.79 Å². The third kappa shape index (κ3) is 2.84. The predicted octanol–water partition coefficient (Wildman–Crippen LogP) is 0.760. The molecule has 0 aromatic rings. The zero-order chi connectivity index (χ0) is 9.68. The minimum Gasteiger partial charge on any atom is -0.344 e. The summed E-state index contributed by atoms with van der Waals surface area (Å²) in [5, 5.41) is 0. The topological polar surface area (TPSA) is 46.3 Å². The summed E-state index contributed by atoms with van der Waals surface area (Å²) in [5.74, 6) is 0.441. The summed E-state index contributed by atoms with van der Waals surface area (Å²) < 4.78 is 0. The zero-order valence-corrected chi connectivity index (χ0v) is 8.20. The van der Waals surface area contributed by atoms with Crippen LogP contribution in [0.5, 0.6) is 0 Å². The van der Waals surface area contributed by atoms with Crippen LogP contribution in [0.3, 0.4) is 0 Å². The molecule has 1 amide bonds. The third-order valence-corrected chi connectivity index (χ3v) is 2.46. The molecule has 1 aliphatic rings. The van der Waals surface area contributed by atoms with E-state index in [2.05, 4.69) is 12.2 Å². The van der Waals surface area contributed by atoms with Crippen molar-refractivity contribution in [1.29, 1.82) is 0 Å². The molecule has 3 nitrogen and oxygen atoms in total. The van der Waals surface area contributed by atoms with Gasteiger partial charge in [-0.2, -0.15) is 0 Å². The van der Waals surface area contributed by atoms with Gasteiger partial charge in [0.05, 0.1) is 0 Å². The highest BCUT2D eigenvalue weighted by Gasteiger charge is 2.21. The highest BCUT2D eigenvalue weighted by Crippen LogP contribution is 2.19. The molecule has 0 bridgehead atoms. The van der Waals surface area contributed by atoms with E-state index in [0.717, 1.165) is 19.3 Å². The molecule has 3 heteroatoms. The highest BCUT2D eigenvalue weighted by atomic mass is 16.2. The minimum atomic E-state index is 0.196. The fourth-order valence-electron chi connectivity index (χ4n) is 1.63. The lowest BCUT2D eigenvalue weighted by molar-refractivity contribution is -0.134. The summed E-state index contributed by atoms with van der Waals surface area (Å²) in [6.45, 7) is 1.21. The van der Waals surface area contributed by atoms with Crippen LogP contribution in [0.1, 0.15) is 19.3 Å². The number of rotatable bonds is 3. The largest absolute Gasteiger partial charge is 0.344 e. The lowest BCUT2D eigenvalue weighted by atomic mass is 9.93. The Hall–Kier alpha value is -0.830. The number of carbonyl (C=O) groups is 1. The summed E-state index contributed by atoms with van der Waals surface area (Å²) in [5.41, 5.74) is 5.39. The molecule has 0 saturated heterocycles. The van der Waals surface area contributed by atoms with E-state index in [1.54, 1.807) is 4.90 Å². The number of hydrogen-bond acceptors (Lipinski definition) is 2. The standard InChI is InChI=1S/C10H18N2O/c1-12(8-7-11)10(13)9-5-3-2-4-6-9/h2-3,9H,4-8,11H2,1H3. The second-order valence-electron chi connectivity index (χ2n) is 3.53. The number of nitrogens with two attached hydrogens (primary N) is 1. The van der Waals surface area contributed by atoms with Crippen molar-refractivity contribution in [1.82, 2.24) is 4.90 Å². The number of hydrogen-bond donors (Lipinski definition) is 1. The Morgan fingerprint density at radius 3 is 2.92 bits per heavy atom. The predicted molar refractivity (Wildman–Crippen MR) is 53.2 cm³/mol. The van der Waals surface area contributed by atoms with E-state index in [1.165, 1.54) is 0 Å². The van der Waals surface area contributed by atoms with Crippen molar-refractivity contribution in [3.63, 3.8) is 0 Å². The first-order valence-electron chi connectivity index (χ1n) is 4.85. The number of carbonyl (C=O) groups excluding carboxylic acids is 1. The van der Waals surface area contributed by atoms with Gasteiger partial charge in [-0.1, -0.05) is 12.2 Å². The molecule has 0 spiro atoms. The third-order valence-electron chi connectivity index (χ3n) is 2.46. The monoisotopic (exact) mass is 182 g/mol. The first kappa shape index (κ1) is 10.3. The normalized spacial score (nSPS) is 21.5. The molecule has 0 saturated carbocycles. The second-order valence-corrected chi connectivity index (χ2v) is 3.53. The molecular weight excluding hydrogens is 164 g/mol. The molecule has 0 aromatic heterocycles. The van der Waals surface area contributed by atoms with E-state index in [1.807, 2.05) is 7.05 Å². The van der Waals surface area contributed by atoms with Crippen LogP contribution >= 0.6 is 0 Å². The maximum Gasteiger partial charge on any atom is 0.225 e. The van der Waals surface area contributed by atoms with E-state index in [9.17, 15) is 4.79 Å². The van der Waals surface area contributed by atoms with E-state index in [-0.39, 0.29) is 11.8 Å². The Balaban J connectivity index is 2.41. The van der Waals surface area contributed by atoms with Gasteiger partial charge in [-0.15, -0.1) is 0 Å². The van der Waals surface area contributed by atoms with Gasteiger partial charge in [0.1, 0.15) is 0 Å². The van der Waals surface area contributed by atoms with Gasteiger partial charge < -0.3 is 10.6 Å². The van der Waals surface area contributed by atoms with Crippen LogP contribution in [0.2, 0.25) is 0 Å². The molecule has 0 heterocycles. The fraction of sp³-hybridized carbons (Fsp3) is 0.700. The number of allylic oxidation sites excluding steroid dienone is 2. The molecule has 0 aliphatic heterocycles. The average molecular weight is 182 g/mol. The maximum absolute atomic E-state index is 11.7. The molecule has 1 rings (SSSR count). The van der Waals surface area contributed by atoms with Crippen LogP contribution in [0.15, 0.2) is 12.2 Å². The molecule has 74 valence electrons. The summed E-state index contributed by atoms with van der Waals surface area (Å²) in [7, 11) is 1.83. The van der Waals surface area contributed by atoms with Crippen LogP contribution in [0.25, 0.3) is 0 Å². The van der Waals surface area contributed by atoms with Gasteiger partial charge in [-0.25, -0.2) is 0 Å². The summed E-state index contributed by atoms with van der Waals surface area (Å²) in [4.78, 5) is 13.5. The maximum atomic E-state index is 11.7. The van der Waals surface area contributed by atoms with E-state index < -0.39 is 0 Å². The number of amides is 1. The number of nitrogens with zero attached hydrogens (tertiary/aromatic N) is 1. The fourth-order valence-corrected chi connectivity index (χ4v) is 1.63.